The van der Waals surface area contributed by atoms with E-state index in [2.05, 4.69) is 32.9 Å². The van der Waals surface area contributed by atoms with Crippen molar-refractivity contribution in [3.63, 3.8) is 0 Å². The fourth-order valence-electron chi connectivity index (χ4n) is 3.48. The summed E-state index contributed by atoms with van der Waals surface area (Å²) in [5.74, 6) is 0.456. The second-order valence-corrected chi connectivity index (χ2v) is 8.94. The lowest BCUT2D eigenvalue weighted by Crippen LogP contribution is -2.33. The topological polar surface area (TPSA) is 76.8 Å². The SMILES string of the molecule is COC(=O)C(Cc1ccc(OCCN(C)c2nc3ccccc3o2)cc1)Nc1ccccc1I. The average molecular weight is 571 g/mol. The molecule has 3 aromatic carbocycles. The number of para-hydroxylation sites is 3. The molecule has 34 heavy (non-hydrogen) atoms. The number of nitrogens with zero attached hydrogens (tertiary/aromatic N) is 2. The largest absolute Gasteiger partial charge is 0.492 e. The molecule has 4 rings (SSSR count). The maximum absolute atomic E-state index is 12.3. The van der Waals surface area contributed by atoms with Gasteiger partial charge in [-0.2, -0.15) is 4.98 Å². The Morgan fingerprint density at radius 2 is 1.82 bits per heavy atom. The number of nitrogens with one attached hydrogen (secondary N) is 1. The van der Waals surface area contributed by atoms with E-state index < -0.39 is 6.04 Å². The van der Waals surface area contributed by atoms with Gasteiger partial charge in [-0.15, -0.1) is 0 Å². The molecule has 0 radical (unpaired) electrons. The Labute approximate surface area is 212 Å². The number of methoxy groups -OCH3 is 1. The molecule has 1 N–H and O–H groups in total. The first-order chi connectivity index (χ1) is 16.5. The zero-order chi connectivity index (χ0) is 23.9. The first-order valence-electron chi connectivity index (χ1n) is 10.9. The smallest absolute Gasteiger partial charge is 0.328 e. The van der Waals surface area contributed by atoms with Gasteiger partial charge in [0, 0.05) is 22.7 Å². The molecule has 176 valence electrons. The summed E-state index contributed by atoms with van der Waals surface area (Å²) in [6.07, 6.45) is 0.498. The van der Waals surface area contributed by atoms with Gasteiger partial charge in [-0.1, -0.05) is 36.4 Å². The molecule has 0 saturated carbocycles. The number of hydrogen-bond acceptors (Lipinski definition) is 7. The van der Waals surface area contributed by atoms with Crippen molar-refractivity contribution in [3.8, 4) is 5.75 Å². The molecule has 7 nitrogen and oxygen atoms in total. The van der Waals surface area contributed by atoms with Gasteiger partial charge in [0.2, 0.25) is 0 Å². The number of ether oxygens (including phenoxy) is 2. The molecular weight excluding hydrogens is 545 g/mol. The third-order valence-corrected chi connectivity index (χ3v) is 6.30. The van der Waals surface area contributed by atoms with Crippen LogP contribution in [0.4, 0.5) is 11.7 Å². The van der Waals surface area contributed by atoms with Crippen LogP contribution in [0, 0.1) is 3.57 Å². The molecule has 1 aromatic heterocycles. The molecule has 0 aliphatic heterocycles. The fourth-order valence-corrected chi connectivity index (χ4v) is 4.02. The first kappa shape index (κ1) is 23.9. The van der Waals surface area contributed by atoms with Crippen molar-refractivity contribution in [2.75, 3.05) is 37.5 Å². The molecule has 0 fully saturated rings. The Kier molecular flexibility index (Phi) is 7.89. The molecule has 1 unspecified atom stereocenters. The zero-order valence-electron chi connectivity index (χ0n) is 19.0. The predicted octanol–water partition coefficient (Wildman–Crippen LogP) is 5.14. The molecule has 0 aliphatic carbocycles. The number of likely N-dealkylation sites (N-methyl/N-ethyl adjacent to an activating group) is 1. The number of anilines is 2. The maximum atomic E-state index is 12.3. The lowest BCUT2D eigenvalue weighted by Gasteiger charge is -2.19. The Balaban J connectivity index is 1.31. The van der Waals surface area contributed by atoms with E-state index in [0.717, 1.165) is 31.7 Å². The van der Waals surface area contributed by atoms with Crippen LogP contribution in [0.3, 0.4) is 0 Å². The Bertz CT molecular complexity index is 1210. The number of carbonyl (C=O) groups is 1. The number of carbonyl (C=O) groups excluding carboxylic acids is 1. The third-order valence-electron chi connectivity index (χ3n) is 5.36. The molecule has 0 bridgehead atoms. The van der Waals surface area contributed by atoms with Gasteiger partial charge >= 0.3 is 5.97 Å². The highest BCUT2D eigenvalue weighted by Gasteiger charge is 2.20. The van der Waals surface area contributed by atoms with Crippen LogP contribution in [0.1, 0.15) is 5.56 Å². The van der Waals surface area contributed by atoms with E-state index in [0.29, 0.717) is 25.6 Å². The second-order valence-electron chi connectivity index (χ2n) is 7.78. The fraction of sp³-hybridized carbons (Fsp3) is 0.231. The van der Waals surface area contributed by atoms with Gasteiger partial charge in [0.05, 0.1) is 13.7 Å². The van der Waals surface area contributed by atoms with E-state index in [1.807, 2.05) is 84.7 Å². The van der Waals surface area contributed by atoms with Crippen molar-refractivity contribution in [1.29, 1.82) is 0 Å². The first-order valence-corrected chi connectivity index (χ1v) is 12.0. The molecule has 1 atom stereocenters. The molecule has 0 amide bonds. The zero-order valence-corrected chi connectivity index (χ0v) is 21.2. The third kappa shape index (κ3) is 5.99. The van der Waals surface area contributed by atoms with Crippen LogP contribution in [0.2, 0.25) is 0 Å². The highest BCUT2D eigenvalue weighted by molar-refractivity contribution is 14.1. The van der Waals surface area contributed by atoms with Crippen molar-refractivity contribution in [2.45, 2.75) is 12.5 Å². The number of rotatable bonds is 10. The van der Waals surface area contributed by atoms with Gasteiger partial charge in [0.15, 0.2) is 5.58 Å². The van der Waals surface area contributed by atoms with E-state index >= 15 is 0 Å². The minimum Gasteiger partial charge on any atom is -0.492 e. The standard InChI is InChI=1S/C26H26IN3O4/c1-30(26-29-22-9-5-6-10-24(22)34-26)15-16-33-19-13-11-18(12-14-19)17-23(25(31)32-2)28-21-8-4-3-7-20(21)27/h3-14,23,28H,15-17H2,1-2H3. The summed E-state index contributed by atoms with van der Waals surface area (Å²) in [6, 6.07) is 23.4. The van der Waals surface area contributed by atoms with Crippen LogP contribution in [-0.4, -0.2) is 44.3 Å². The summed E-state index contributed by atoms with van der Waals surface area (Å²) in [4.78, 5) is 18.8. The minimum absolute atomic E-state index is 0.304. The summed E-state index contributed by atoms with van der Waals surface area (Å²) < 4.78 is 17.7. The monoisotopic (exact) mass is 571 g/mol. The molecule has 1 heterocycles. The summed E-state index contributed by atoms with van der Waals surface area (Å²) >= 11 is 2.24. The lowest BCUT2D eigenvalue weighted by atomic mass is 10.1. The van der Waals surface area contributed by atoms with Crippen LogP contribution in [0.5, 0.6) is 5.75 Å². The number of hydrogen-bond donors (Lipinski definition) is 1. The van der Waals surface area contributed by atoms with Crippen LogP contribution in [-0.2, 0) is 16.0 Å². The highest BCUT2D eigenvalue weighted by Crippen LogP contribution is 2.22. The van der Waals surface area contributed by atoms with Gasteiger partial charge in [-0.05, 0) is 64.6 Å². The molecule has 0 aliphatic rings. The number of esters is 1. The summed E-state index contributed by atoms with van der Waals surface area (Å²) in [5.41, 5.74) is 3.51. The quantitative estimate of drug-likeness (QED) is 0.209. The van der Waals surface area contributed by atoms with Gasteiger partial charge in [-0.3, -0.25) is 0 Å². The van der Waals surface area contributed by atoms with Gasteiger partial charge in [-0.25, -0.2) is 4.79 Å². The van der Waals surface area contributed by atoms with E-state index in [-0.39, 0.29) is 5.97 Å². The number of aromatic nitrogens is 1. The minimum atomic E-state index is -0.488. The number of fused-ring (bicyclic) bond motifs is 1. The summed E-state index contributed by atoms with van der Waals surface area (Å²) in [7, 11) is 3.33. The van der Waals surface area contributed by atoms with Gasteiger partial charge < -0.3 is 24.1 Å². The highest BCUT2D eigenvalue weighted by atomic mass is 127. The van der Waals surface area contributed by atoms with Crippen LogP contribution in [0.25, 0.3) is 11.1 Å². The van der Waals surface area contributed by atoms with Gasteiger partial charge in [0.1, 0.15) is 23.9 Å². The van der Waals surface area contributed by atoms with Crippen molar-refractivity contribution >= 4 is 51.4 Å². The van der Waals surface area contributed by atoms with Gasteiger partial charge in [0.25, 0.3) is 6.01 Å². The lowest BCUT2D eigenvalue weighted by molar-refractivity contribution is -0.141. The normalized spacial score (nSPS) is 11.7. The van der Waals surface area contributed by atoms with E-state index in [4.69, 9.17) is 13.9 Å². The summed E-state index contributed by atoms with van der Waals surface area (Å²) in [5, 5.41) is 3.30. The Hall–Kier alpha value is -3.27. The predicted molar refractivity (Wildman–Crippen MR) is 142 cm³/mol. The summed E-state index contributed by atoms with van der Waals surface area (Å²) in [6.45, 7) is 1.10. The number of halogens is 1. The number of oxazole rings is 1. The molecule has 8 heteroatoms. The van der Waals surface area contributed by atoms with Crippen LogP contribution in [0.15, 0.2) is 77.2 Å². The van der Waals surface area contributed by atoms with Crippen molar-refractivity contribution < 1.29 is 18.7 Å². The molecular formula is C26H26IN3O4. The Morgan fingerprint density at radius 3 is 2.56 bits per heavy atom. The average Bonchev–Trinajstić information content (AvgIpc) is 3.30. The van der Waals surface area contributed by atoms with E-state index in [1.54, 1.807) is 0 Å². The van der Waals surface area contributed by atoms with E-state index in [1.165, 1.54) is 7.11 Å². The van der Waals surface area contributed by atoms with E-state index in [9.17, 15) is 4.79 Å². The maximum Gasteiger partial charge on any atom is 0.328 e. The number of benzene rings is 3. The van der Waals surface area contributed by atoms with Crippen molar-refractivity contribution in [2.24, 2.45) is 0 Å². The molecule has 0 spiro atoms. The van der Waals surface area contributed by atoms with Crippen molar-refractivity contribution in [1.82, 2.24) is 4.98 Å². The van der Waals surface area contributed by atoms with Crippen LogP contribution < -0.4 is 15.0 Å². The molecule has 4 aromatic rings. The second kappa shape index (κ2) is 11.2. The molecule has 0 saturated heterocycles. The van der Waals surface area contributed by atoms with Crippen LogP contribution >= 0.6 is 22.6 Å². The Morgan fingerprint density at radius 1 is 1.09 bits per heavy atom. The van der Waals surface area contributed by atoms with Crippen molar-refractivity contribution in [3.05, 3.63) is 81.9 Å².